The number of fused-ring (bicyclic) bond motifs is 1. The molecule has 2 fully saturated rings. The van der Waals surface area contributed by atoms with E-state index in [2.05, 4.69) is 5.32 Å². The molecule has 2 unspecified atom stereocenters. The van der Waals surface area contributed by atoms with Crippen LogP contribution in [0.25, 0.3) is 0 Å². The highest BCUT2D eigenvalue weighted by atomic mass is 16.1. The fourth-order valence-corrected chi connectivity index (χ4v) is 2.61. The summed E-state index contributed by atoms with van der Waals surface area (Å²) in [7, 11) is 0. The Morgan fingerprint density at radius 3 is 2.75 bits per heavy atom. The second-order valence-corrected chi connectivity index (χ2v) is 4.08. The molecule has 0 aromatic heterocycles. The second-order valence-electron chi connectivity index (χ2n) is 4.08. The first-order valence-corrected chi connectivity index (χ1v) is 5.15. The number of hydrogen-bond donors (Lipinski definition) is 1. The van der Waals surface area contributed by atoms with E-state index in [9.17, 15) is 4.79 Å². The molecule has 1 saturated heterocycles. The van der Waals surface area contributed by atoms with Gasteiger partial charge in [-0.25, -0.2) is 0 Å². The smallest absolute Gasteiger partial charge is 0.223 e. The van der Waals surface area contributed by atoms with Gasteiger partial charge in [0.2, 0.25) is 5.91 Å². The van der Waals surface area contributed by atoms with Gasteiger partial charge in [-0.05, 0) is 31.6 Å². The zero-order chi connectivity index (χ0) is 8.39. The van der Waals surface area contributed by atoms with Crippen LogP contribution < -0.4 is 5.32 Å². The number of nitrogens with one attached hydrogen (secondary N) is 1. The van der Waals surface area contributed by atoms with Crippen LogP contribution in [0.2, 0.25) is 0 Å². The lowest BCUT2D eigenvalue weighted by atomic mass is 9.77. The molecule has 2 rings (SSSR count). The summed E-state index contributed by atoms with van der Waals surface area (Å²) in [5.74, 6) is 1.40. The van der Waals surface area contributed by atoms with Crippen molar-refractivity contribution >= 4 is 5.91 Å². The van der Waals surface area contributed by atoms with E-state index < -0.39 is 0 Å². The Bertz CT molecular complexity index is 179. The van der Waals surface area contributed by atoms with Crippen LogP contribution in [0.3, 0.4) is 0 Å². The molecule has 2 atom stereocenters. The maximum absolute atomic E-state index is 11.5. The summed E-state index contributed by atoms with van der Waals surface area (Å²) in [5, 5.41) is 3.00. The van der Waals surface area contributed by atoms with Gasteiger partial charge in [-0.15, -0.1) is 0 Å². The average Bonchev–Trinajstić information content (AvgIpc) is 2.29. The first kappa shape index (κ1) is 8.09. The fourth-order valence-electron chi connectivity index (χ4n) is 2.61. The van der Waals surface area contributed by atoms with Crippen molar-refractivity contribution in [1.29, 1.82) is 0 Å². The summed E-state index contributed by atoms with van der Waals surface area (Å²) in [4.78, 5) is 11.5. The van der Waals surface area contributed by atoms with Gasteiger partial charge in [0.1, 0.15) is 0 Å². The van der Waals surface area contributed by atoms with Gasteiger partial charge >= 0.3 is 0 Å². The molecule has 2 heteroatoms. The molecule has 0 radical (unpaired) electrons. The summed E-state index contributed by atoms with van der Waals surface area (Å²) < 4.78 is 0. The standard InChI is InChI=1S/C10H17NO/c12-10-9-6-2-1-4-8(9)5-3-7-11-10/h8-9H,1-7H2,(H,11,12). The molecule has 0 aromatic carbocycles. The molecular weight excluding hydrogens is 150 g/mol. The lowest BCUT2D eigenvalue weighted by molar-refractivity contribution is -0.126. The molecule has 0 bridgehead atoms. The minimum Gasteiger partial charge on any atom is -0.356 e. The van der Waals surface area contributed by atoms with Crippen LogP contribution in [-0.4, -0.2) is 12.5 Å². The highest BCUT2D eigenvalue weighted by Crippen LogP contribution is 2.34. The van der Waals surface area contributed by atoms with Gasteiger partial charge < -0.3 is 5.32 Å². The molecule has 1 saturated carbocycles. The number of carbonyl (C=O) groups is 1. The Morgan fingerprint density at radius 1 is 1.08 bits per heavy atom. The molecule has 2 nitrogen and oxygen atoms in total. The molecule has 1 N–H and O–H groups in total. The largest absolute Gasteiger partial charge is 0.356 e. The van der Waals surface area contributed by atoms with E-state index in [1.54, 1.807) is 0 Å². The Kier molecular flexibility index (Phi) is 2.33. The van der Waals surface area contributed by atoms with Crippen LogP contribution in [0.4, 0.5) is 0 Å². The van der Waals surface area contributed by atoms with Crippen LogP contribution in [0, 0.1) is 11.8 Å². The molecular formula is C10H17NO. The zero-order valence-electron chi connectivity index (χ0n) is 7.51. The van der Waals surface area contributed by atoms with Crippen molar-refractivity contribution in [3.63, 3.8) is 0 Å². The van der Waals surface area contributed by atoms with E-state index in [0.717, 1.165) is 13.0 Å². The van der Waals surface area contributed by atoms with Gasteiger partial charge in [-0.1, -0.05) is 12.8 Å². The summed E-state index contributed by atoms with van der Waals surface area (Å²) in [5.41, 5.74) is 0. The van der Waals surface area contributed by atoms with Gasteiger partial charge in [0.25, 0.3) is 0 Å². The van der Waals surface area contributed by atoms with E-state index in [1.165, 1.54) is 32.1 Å². The molecule has 2 aliphatic rings. The maximum atomic E-state index is 11.5. The number of amides is 1. The van der Waals surface area contributed by atoms with Crippen LogP contribution in [0.1, 0.15) is 38.5 Å². The minimum absolute atomic E-state index is 0.331. The average molecular weight is 167 g/mol. The van der Waals surface area contributed by atoms with Crippen molar-refractivity contribution in [2.24, 2.45) is 11.8 Å². The van der Waals surface area contributed by atoms with Gasteiger partial charge in [0.15, 0.2) is 0 Å². The van der Waals surface area contributed by atoms with E-state index >= 15 is 0 Å². The third kappa shape index (κ3) is 1.47. The molecule has 1 heterocycles. The Balaban J connectivity index is 2.06. The van der Waals surface area contributed by atoms with Crippen LogP contribution in [0.5, 0.6) is 0 Å². The molecule has 1 aliphatic heterocycles. The van der Waals surface area contributed by atoms with Gasteiger partial charge in [0.05, 0.1) is 0 Å². The van der Waals surface area contributed by atoms with Gasteiger partial charge in [-0.2, -0.15) is 0 Å². The molecule has 0 aromatic rings. The highest BCUT2D eigenvalue weighted by Gasteiger charge is 2.31. The van der Waals surface area contributed by atoms with Crippen LogP contribution in [0.15, 0.2) is 0 Å². The third-order valence-corrected chi connectivity index (χ3v) is 3.30. The van der Waals surface area contributed by atoms with Crippen molar-refractivity contribution in [2.75, 3.05) is 6.54 Å². The molecule has 0 spiro atoms. The predicted octanol–water partition coefficient (Wildman–Crippen LogP) is 1.70. The number of hydrogen-bond acceptors (Lipinski definition) is 1. The van der Waals surface area contributed by atoms with Crippen molar-refractivity contribution in [3.05, 3.63) is 0 Å². The zero-order valence-corrected chi connectivity index (χ0v) is 7.51. The van der Waals surface area contributed by atoms with Gasteiger partial charge in [-0.3, -0.25) is 4.79 Å². The van der Waals surface area contributed by atoms with Gasteiger partial charge in [0, 0.05) is 12.5 Å². The highest BCUT2D eigenvalue weighted by molar-refractivity contribution is 5.79. The number of rotatable bonds is 0. The summed E-state index contributed by atoms with van der Waals surface area (Å²) in [6.45, 7) is 0.909. The molecule has 1 aliphatic carbocycles. The summed E-state index contributed by atoms with van der Waals surface area (Å²) in [6, 6.07) is 0. The first-order valence-electron chi connectivity index (χ1n) is 5.15. The fraction of sp³-hybridized carbons (Fsp3) is 0.900. The third-order valence-electron chi connectivity index (χ3n) is 3.30. The molecule has 68 valence electrons. The predicted molar refractivity (Wildman–Crippen MR) is 47.7 cm³/mol. The van der Waals surface area contributed by atoms with E-state index in [1.807, 2.05) is 0 Å². The second kappa shape index (κ2) is 3.46. The van der Waals surface area contributed by atoms with Crippen molar-refractivity contribution in [1.82, 2.24) is 5.32 Å². The molecule has 12 heavy (non-hydrogen) atoms. The Hall–Kier alpha value is -0.530. The molecule has 1 amide bonds. The quantitative estimate of drug-likeness (QED) is 0.584. The van der Waals surface area contributed by atoms with E-state index in [0.29, 0.717) is 17.7 Å². The normalized spacial score (nSPS) is 36.5. The van der Waals surface area contributed by atoms with Crippen LogP contribution in [-0.2, 0) is 4.79 Å². The topological polar surface area (TPSA) is 29.1 Å². The van der Waals surface area contributed by atoms with Crippen molar-refractivity contribution < 1.29 is 4.79 Å². The Morgan fingerprint density at radius 2 is 1.83 bits per heavy atom. The van der Waals surface area contributed by atoms with Crippen LogP contribution >= 0.6 is 0 Å². The minimum atomic E-state index is 0.331. The SMILES string of the molecule is O=C1NCCCC2CCCCC12. The van der Waals surface area contributed by atoms with Crippen molar-refractivity contribution in [2.45, 2.75) is 38.5 Å². The summed E-state index contributed by atoms with van der Waals surface area (Å²) >= 11 is 0. The van der Waals surface area contributed by atoms with E-state index in [4.69, 9.17) is 0 Å². The Labute approximate surface area is 73.7 Å². The van der Waals surface area contributed by atoms with E-state index in [-0.39, 0.29) is 0 Å². The maximum Gasteiger partial charge on any atom is 0.223 e. The first-order chi connectivity index (χ1) is 5.88. The lowest BCUT2D eigenvalue weighted by Crippen LogP contribution is -2.33. The lowest BCUT2D eigenvalue weighted by Gasteiger charge is -2.27. The monoisotopic (exact) mass is 167 g/mol. The number of carbonyl (C=O) groups excluding carboxylic acids is 1. The van der Waals surface area contributed by atoms with Crippen molar-refractivity contribution in [3.8, 4) is 0 Å². The summed E-state index contributed by atoms with van der Waals surface area (Å²) in [6.07, 6.45) is 7.48.